The number of ether oxygens (including phenoxy) is 2. The summed E-state index contributed by atoms with van der Waals surface area (Å²) in [5.74, 6) is -0.871. The topological polar surface area (TPSA) is 97.1 Å². The highest BCUT2D eigenvalue weighted by Crippen LogP contribution is 2.28. The quantitative estimate of drug-likeness (QED) is 0.736. The van der Waals surface area contributed by atoms with E-state index in [1.54, 1.807) is 12.1 Å². The molecular formula is C16H22ClFN4O4. The van der Waals surface area contributed by atoms with Crippen molar-refractivity contribution < 1.29 is 23.5 Å². The average molecular weight is 389 g/mol. The van der Waals surface area contributed by atoms with E-state index >= 15 is 0 Å². The standard InChI is InChI=1S/C16H21FN4O4.ClH/c17-13-7-11(1-2-14(13)20-3-5-24-6-4-20)21-10-12(25-16(21)23)8-19-9-15(18)22;/h1-2,7,12,19H,3-6,8-10H2,(H2,18,22);1H. The number of rotatable bonds is 6. The van der Waals surface area contributed by atoms with Crippen LogP contribution >= 0.6 is 12.4 Å². The molecule has 2 heterocycles. The Bertz CT molecular complexity index is 657. The van der Waals surface area contributed by atoms with Crippen LogP contribution in [0.5, 0.6) is 0 Å². The van der Waals surface area contributed by atoms with E-state index in [1.165, 1.54) is 11.0 Å². The number of hydrogen-bond donors (Lipinski definition) is 2. The Hall–Kier alpha value is -2.10. The molecule has 0 radical (unpaired) electrons. The highest BCUT2D eigenvalue weighted by molar-refractivity contribution is 5.90. The minimum atomic E-state index is -0.538. The van der Waals surface area contributed by atoms with Crippen molar-refractivity contribution in [2.45, 2.75) is 6.10 Å². The van der Waals surface area contributed by atoms with Gasteiger partial charge in [-0.1, -0.05) is 0 Å². The van der Waals surface area contributed by atoms with Crippen molar-refractivity contribution in [3.05, 3.63) is 24.0 Å². The summed E-state index contributed by atoms with van der Waals surface area (Å²) in [6.45, 7) is 3.00. The van der Waals surface area contributed by atoms with E-state index in [4.69, 9.17) is 15.2 Å². The normalized spacial score (nSPS) is 19.9. The summed E-state index contributed by atoms with van der Waals surface area (Å²) in [7, 11) is 0. The van der Waals surface area contributed by atoms with Gasteiger partial charge in [-0.2, -0.15) is 0 Å². The summed E-state index contributed by atoms with van der Waals surface area (Å²) in [5.41, 5.74) is 5.98. The molecule has 0 bridgehead atoms. The van der Waals surface area contributed by atoms with Crippen LogP contribution in [0.25, 0.3) is 0 Å². The van der Waals surface area contributed by atoms with Crippen molar-refractivity contribution in [2.75, 3.05) is 55.7 Å². The van der Waals surface area contributed by atoms with E-state index in [0.29, 0.717) is 44.2 Å². The van der Waals surface area contributed by atoms with Gasteiger partial charge in [-0.25, -0.2) is 9.18 Å². The molecule has 0 aromatic heterocycles. The zero-order valence-electron chi connectivity index (χ0n) is 14.2. The molecule has 1 aromatic carbocycles. The van der Waals surface area contributed by atoms with Crippen LogP contribution in [0.3, 0.4) is 0 Å². The molecule has 1 aromatic rings. The van der Waals surface area contributed by atoms with Gasteiger partial charge in [0.2, 0.25) is 5.91 Å². The van der Waals surface area contributed by atoms with E-state index in [0.717, 1.165) is 0 Å². The van der Waals surface area contributed by atoms with E-state index in [2.05, 4.69) is 5.32 Å². The number of nitrogens with two attached hydrogens (primary N) is 1. The van der Waals surface area contributed by atoms with Gasteiger partial charge in [0.25, 0.3) is 0 Å². The number of primary amides is 1. The number of nitrogens with one attached hydrogen (secondary N) is 1. The minimum absolute atomic E-state index is 0. The first-order valence-corrected chi connectivity index (χ1v) is 8.14. The van der Waals surface area contributed by atoms with E-state index in [1.807, 2.05) is 4.90 Å². The summed E-state index contributed by atoms with van der Waals surface area (Å²) in [6, 6.07) is 4.71. The van der Waals surface area contributed by atoms with Gasteiger partial charge in [0.05, 0.1) is 37.7 Å². The first kappa shape index (κ1) is 20.2. The van der Waals surface area contributed by atoms with Gasteiger partial charge in [0.1, 0.15) is 11.9 Å². The molecule has 3 N–H and O–H groups in total. The fraction of sp³-hybridized carbons (Fsp3) is 0.500. The molecule has 26 heavy (non-hydrogen) atoms. The number of cyclic esters (lactones) is 1. The second-order valence-corrected chi connectivity index (χ2v) is 5.95. The zero-order valence-corrected chi connectivity index (χ0v) is 15.0. The molecule has 3 rings (SSSR count). The molecule has 0 saturated carbocycles. The molecule has 2 saturated heterocycles. The lowest BCUT2D eigenvalue weighted by atomic mass is 10.2. The molecule has 0 aliphatic carbocycles. The van der Waals surface area contributed by atoms with Gasteiger partial charge in [0, 0.05) is 19.6 Å². The third-order valence-corrected chi connectivity index (χ3v) is 4.14. The predicted octanol–water partition coefficient (Wildman–Crippen LogP) is 0.484. The average Bonchev–Trinajstić information content (AvgIpc) is 2.96. The SMILES string of the molecule is Cl.NC(=O)CNCC1CN(c2ccc(N3CCOCC3)c(F)c2)C(=O)O1. The van der Waals surface area contributed by atoms with Crippen molar-refractivity contribution in [3.63, 3.8) is 0 Å². The van der Waals surface area contributed by atoms with Crippen LogP contribution in [0, 0.1) is 5.82 Å². The van der Waals surface area contributed by atoms with Crippen LogP contribution < -0.4 is 20.9 Å². The Balaban J connectivity index is 0.00000243. The van der Waals surface area contributed by atoms with E-state index in [-0.39, 0.29) is 31.3 Å². The number of amides is 2. The highest BCUT2D eigenvalue weighted by Gasteiger charge is 2.32. The molecule has 1 atom stereocenters. The monoisotopic (exact) mass is 388 g/mol. The number of anilines is 2. The Morgan fingerprint density at radius 3 is 2.73 bits per heavy atom. The molecule has 2 amide bonds. The summed E-state index contributed by atoms with van der Waals surface area (Å²) in [6.07, 6.45) is -0.960. The number of carbonyl (C=O) groups excluding carboxylic acids is 2. The Kier molecular flexibility index (Phi) is 7.01. The summed E-state index contributed by atoms with van der Waals surface area (Å²) >= 11 is 0. The zero-order chi connectivity index (χ0) is 17.8. The maximum Gasteiger partial charge on any atom is 0.414 e. The molecule has 2 aliphatic heterocycles. The lowest BCUT2D eigenvalue weighted by Gasteiger charge is -2.29. The number of hydrogen-bond acceptors (Lipinski definition) is 6. The molecule has 2 fully saturated rings. The Labute approximate surface area is 156 Å². The molecule has 2 aliphatic rings. The van der Waals surface area contributed by atoms with Crippen LogP contribution in [-0.4, -0.2) is 64.0 Å². The van der Waals surface area contributed by atoms with Crippen molar-refractivity contribution >= 4 is 35.8 Å². The second-order valence-electron chi connectivity index (χ2n) is 5.95. The van der Waals surface area contributed by atoms with Crippen LogP contribution in [0.1, 0.15) is 0 Å². The van der Waals surface area contributed by atoms with Crippen LogP contribution in [0.15, 0.2) is 18.2 Å². The number of halogens is 2. The maximum atomic E-state index is 14.5. The van der Waals surface area contributed by atoms with Crippen molar-refractivity contribution in [1.82, 2.24) is 5.32 Å². The lowest BCUT2D eigenvalue weighted by molar-refractivity contribution is -0.117. The summed E-state index contributed by atoms with van der Waals surface area (Å²) < 4.78 is 25.0. The molecule has 8 nitrogen and oxygen atoms in total. The number of morpholine rings is 1. The van der Waals surface area contributed by atoms with Crippen molar-refractivity contribution in [1.29, 1.82) is 0 Å². The van der Waals surface area contributed by atoms with Gasteiger partial charge in [0.15, 0.2) is 0 Å². The van der Waals surface area contributed by atoms with Gasteiger partial charge < -0.3 is 25.4 Å². The van der Waals surface area contributed by atoms with Gasteiger partial charge >= 0.3 is 6.09 Å². The fourth-order valence-electron chi connectivity index (χ4n) is 2.92. The Morgan fingerprint density at radius 2 is 2.08 bits per heavy atom. The third-order valence-electron chi connectivity index (χ3n) is 4.14. The van der Waals surface area contributed by atoms with Crippen molar-refractivity contribution in [2.24, 2.45) is 5.73 Å². The summed E-state index contributed by atoms with van der Waals surface area (Å²) in [5, 5.41) is 2.81. The van der Waals surface area contributed by atoms with Crippen LogP contribution in [0.2, 0.25) is 0 Å². The van der Waals surface area contributed by atoms with E-state index in [9.17, 15) is 14.0 Å². The molecule has 0 spiro atoms. The number of carbonyl (C=O) groups is 2. The second kappa shape index (κ2) is 9.02. The number of benzene rings is 1. The largest absolute Gasteiger partial charge is 0.443 e. The smallest absolute Gasteiger partial charge is 0.414 e. The fourth-order valence-corrected chi connectivity index (χ4v) is 2.92. The van der Waals surface area contributed by atoms with E-state index < -0.39 is 18.1 Å². The maximum absolute atomic E-state index is 14.5. The molecule has 1 unspecified atom stereocenters. The van der Waals surface area contributed by atoms with Crippen LogP contribution in [0.4, 0.5) is 20.6 Å². The van der Waals surface area contributed by atoms with Gasteiger partial charge in [-0.05, 0) is 18.2 Å². The minimum Gasteiger partial charge on any atom is -0.443 e. The molecule has 144 valence electrons. The molecule has 10 heteroatoms. The molecular weight excluding hydrogens is 367 g/mol. The van der Waals surface area contributed by atoms with Crippen LogP contribution in [-0.2, 0) is 14.3 Å². The first-order chi connectivity index (χ1) is 12.0. The van der Waals surface area contributed by atoms with Gasteiger partial charge in [-0.3, -0.25) is 9.69 Å². The Morgan fingerprint density at radius 1 is 1.35 bits per heavy atom. The van der Waals surface area contributed by atoms with Crippen molar-refractivity contribution in [3.8, 4) is 0 Å². The summed E-state index contributed by atoms with van der Waals surface area (Å²) in [4.78, 5) is 26.0. The van der Waals surface area contributed by atoms with Gasteiger partial charge in [-0.15, -0.1) is 12.4 Å². The first-order valence-electron chi connectivity index (χ1n) is 8.14. The third kappa shape index (κ3) is 4.75. The number of nitrogens with zero attached hydrogens (tertiary/aromatic N) is 2. The predicted molar refractivity (Wildman–Crippen MR) is 96.4 cm³/mol. The lowest BCUT2D eigenvalue weighted by Crippen LogP contribution is -2.37. The highest BCUT2D eigenvalue weighted by atomic mass is 35.5.